The van der Waals surface area contributed by atoms with Crippen LogP contribution in [0.15, 0.2) is 18.2 Å². The fraction of sp³-hybridized carbons (Fsp3) is 0.467. The highest BCUT2D eigenvalue weighted by molar-refractivity contribution is 5.94. The average Bonchev–Trinajstić information content (AvgIpc) is 2.40. The molecule has 2 rings (SSSR count). The van der Waals surface area contributed by atoms with Crippen LogP contribution in [-0.2, 0) is 9.59 Å². The molecule has 0 radical (unpaired) electrons. The maximum Gasteiger partial charge on any atom is 0.240 e. The van der Waals surface area contributed by atoms with Crippen LogP contribution in [0.3, 0.4) is 0 Å². The van der Waals surface area contributed by atoms with E-state index < -0.39 is 5.54 Å². The second kappa shape index (κ2) is 5.73. The number of nitrogens with one attached hydrogen (secondary N) is 2. The Labute approximate surface area is 124 Å². The molecule has 1 aromatic carbocycles. The molecule has 1 saturated heterocycles. The summed E-state index contributed by atoms with van der Waals surface area (Å²) in [5, 5.41) is 5.63. The van der Waals surface area contributed by atoms with E-state index in [-0.39, 0.29) is 18.4 Å². The van der Waals surface area contributed by atoms with Crippen molar-refractivity contribution in [2.75, 3.05) is 30.7 Å². The Morgan fingerprint density at radius 3 is 2.86 bits per heavy atom. The number of hydrogen-bond acceptors (Lipinski definition) is 4. The van der Waals surface area contributed by atoms with Crippen molar-refractivity contribution in [2.24, 2.45) is 0 Å². The monoisotopic (exact) mass is 290 g/mol. The third kappa shape index (κ3) is 3.33. The highest BCUT2D eigenvalue weighted by Gasteiger charge is 2.38. The predicted octanol–water partition coefficient (Wildman–Crippen LogP) is 0.726. The van der Waals surface area contributed by atoms with Crippen LogP contribution >= 0.6 is 0 Å². The first kappa shape index (κ1) is 15.3. The molecule has 6 nitrogen and oxygen atoms in total. The van der Waals surface area contributed by atoms with Crippen LogP contribution in [0.2, 0.25) is 0 Å². The van der Waals surface area contributed by atoms with Crippen LogP contribution in [0.25, 0.3) is 0 Å². The van der Waals surface area contributed by atoms with Gasteiger partial charge >= 0.3 is 0 Å². The molecule has 0 bridgehead atoms. The normalized spacial score (nSPS) is 18.1. The van der Waals surface area contributed by atoms with Crippen molar-refractivity contribution in [3.8, 4) is 0 Å². The molecule has 0 aromatic heterocycles. The molecule has 0 spiro atoms. The Kier molecular flexibility index (Phi) is 4.18. The van der Waals surface area contributed by atoms with Crippen LogP contribution in [0.1, 0.15) is 19.4 Å². The summed E-state index contributed by atoms with van der Waals surface area (Å²) in [7, 11) is 0. The van der Waals surface area contributed by atoms with Crippen LogP contribution < -0.4 is 16.4 Å². The minimum atomic E-state index is -0.679. The summed E-state index contributed by atoms with van der Waals surface area (Å²) in [4.78, 5) is 25.9. The summed E-state index contributed by atoms with van der Waals surface area (Å²) >= 11 is 0. The number of nitrogens with zero attached hydrogens (tertiary/aromatic N) is 1. The number of hydrogen-bond donors (Lipinski definition) is 3. The lowest BCUT2D eigenvalue weighted by molar-refractivity contribution is -0.136. The van der Waals surface area contributed by atoms with Gasteiger partial charge < -0.3 is 16.4 Å². The molecule has 114 valence electrons. The van der Waals surface area contributed by atoms with Gasteiger partial charge in [-0.05, 0) is 38.5 Å². The van der Waals surface area contributed by atoms with Crippen molar-refractivity contribution in [3.63, 3.8) is 0 Å². The molecule has 1 heterocycles. The summed E-state index contributed by atoms with van der Waals surface area (Å²) in [5.41, 5.74) is 7.44. The van der Waals surface area contributed by atoms with Crippen molar-refractivity contribution >= 4 is 23.2 Å². The average molecular weight is 290 g/mol. The Balaban J connectivity index is 2.01. The van der Waals surface area contributed by atoms with Crippen LogP contribution in [0.5, 0.6) is 0 Å². The molecule has 2 amide bonds. The fourth-order valence-corrected chi connectivity index (χ4v) is 2.31. The van der Waals surface area contributed by atoms with E-state index >= 15 is 0 Å². The second-order valence-electron chi connectivity index (χ2n) is 5.86. The van der Waals surface area contributed by atoms with E-state index in [1.807, 2.05) is 37.8 Å². The van der Waals surface area contributed by atoms with Gasteiger partial charge in [-0.1, -0.05) is 6.07 Å². The molecule has 6 heteroatoms. The molecule has 0 aliphatic carbocycles. The van der Waals surface area contributed by atoms with E-state index in [0.717, 1.165) is 5.56 Å². The summed E-state index contributed by atoms with van der Waals surface area (Å²) < 4.78 is 0. The Hall–Kier alpha value is -2.08. The van der Waals surface area contributed by atoms with Gasteiger partial charge in [0.15, 0.2) is 0 Å². The number of piperazine rings is 1. The first-order valence-corrected chi connectivity index (χ1v) is 7.00. The third-order valence-electron chi connectivity index (χ3n) is 3.91. The first-order chi connectivity index (χ1) is 9.80. The van der Waals surface area contributed by atoms with Crippen molar-refractivity contribution < 1.29 is 9.59 Å². The summed E-state index contributed by atoms with van der Waals surface area (Å²) in [6, 6.07) is 5.42. The molecule has 0 atom stereocenters. The maximum atomic E-state index is 12.1. The summed E-state index contributed by atoms with van der Waals surface area (Å²) in [6.07, 6.45) is 0. The van der Waals surface area contributed by atoms with Gasteiger partial charge in [0.1, 0.15) is 0 Å². The molecule has 21 heavy (non-hydrogen) atoms. The predicted molar refractivity (Wildman–Crippen MR) is 82.9 cm³/mol. The molecule has 4 N–H and O–H groups in total. The lowest BCUT2D eigenvalue weighted by atomic mass is 9.99. The van der Waals surface area contributed by atoms with E-state index in [1.165, 1.54) is 0 Å². The maximum absolute atomic E-state index is 12.1. The van der Waals surface area contributed by atoms with E-state index in [9.17, 15) is 9.59 Å². The highest BCUT2D eigenvalue weighted by atomic mass is 16.2. The highest BCUT2D eigenvalue weighted by Crippen LogP contribution is 2.19. The van der Waals surface area contributed by atoms with Crippen molar-refractivity contribution in [2.45, 2.75) is 26.3 Å². The number of anilines is 2. The van der Waals surface area contributed by atoms with Crippen LogP contribution in [0.4, 0.5) is 11.4 Å². The second-order valence-corrected chi connectivity index (χ2v) is 5.86. The number of benzene rings is 1. The van der Waals surface area contributed by atoms with E-state index in [0.29, 0.717) is 24.5 Å². The molecule has 1 aliphatic heterocycles. The largest absolute Gasteiger partial charge is 0.398 e. The van der Waals surface area contributed by atoms with Crippen molar-refractivity contribution in [1.82, 2.24) is 10.2 Å². The number of rotatable bonds is 3. The van der Waals surface area contributed by atoms with E-state index in [4.69, 9.17) is 5.73 Å². The Morgan fingerprint density at radius 1 is 1.48 bits per heavy atom. The van der Waals surface area contributed by atoms with Crippen LogP contribution in [0, 0.1) is 6.92 Å². The number of carbonyl (C=O) groups is 2. The fourth-order valence-electron chi connectivity index (χ4n) is 2.31. The molecule has 0 unspecified atom stereocenters. The smallest absolute Gasteiger partial charge is 0.240 e. The first-order valence-electron chi connectivity index (χ1n) is 7.00. The van der Waals surface area contributed by atoms with E-state index in [1.54, 1.807) is 6.07 Å². The van der Waals surface area contributed by atoms with Crippen molar-refractivity contribution in [1.29, 1.82) is 0 Å². The lowest BCUT2D eigenvalue weighted by Gasteiger charge is -2.40. The van der Waals surface area contributed by atoms with Gasteiger partial charge in [0.25, 0.3) is 0 Å². The Morgan fingerprint density at radius 2 is 2.19 bits per heavy atom. The zero-order chi connectivity index (χ0) is 15.6. The molecule has 1 aromatic rings. The van der Waals surface area contributed by atoms with E-state index in [2.05, 4.69) is 10.6 Å². The van der Waals surface area contributed by atoms with Gasteiger partial charge in [0, 0.05) is 24.5 Å². The summed E-state index contributed by atoms with van der Waals surface area (Å²) in [5.74, 6) is -0.206. The van der Waals surface area contributed by atoms with Crippen molar-refractivity contribution in [3.05, 3.63) is 23.8 Å². The molecule has 0 saturated carbocycles. The van der Waals surface area contributed by atoms with Gasteiger partial charge in [-0.2, -0.15) is 0 Å². The molecular weight excluding hydrogens is 268 g/mol. The lowest BCUT2D eigenvalue weighted by Crippen LogP contribution is -2.62. The standard InChI is InChI=1S/C15H22N4O2/c1-10-4-5-11(8-12(10)16)18-13(20)9-19-7-6-17-14(21)15(19,2)3/h4-5,8H,6-7,9,16H2,1-3H3,(H,17,21)(H,18,20). The summed E-state index contributed by atoms with van der Waals surface area (Å²) in [6.45, 7) is 6.94. The molecular formula is C15H22N4O2. The van der Waals surface area contributed by atoms with Gasteiger partial charge in [-0.15, -0.1) is 0 Å². The van der Waals surface area contributed by atoms with Crippen LogP contribution in [-0.4, -0.2) is 41.9 Å². The van der Waals surface area contributed by atoms with Gasteiger partial charge in [-0.3, -0.25) is 14.5 Å². The van der Waals surface area contributed by atoms with Gasteiger partial charge in [0.2, 0.25) is 11.8 Å². The molecule has 1 aliphatic rings. The zero-order valence-electron chi connectivity index (χ0n) is 12.7. The quantitative estimate of drug-likeness (QED) is 0.716. The Bertz CT molecular complexity index is 569. The third-order valence-corrected chi connectivity index (χ3v) is 3.91. The number of carbonyl (C=O) groups excluding carboxylic acids is 2. The van der Waals surface area contributed by atoms with Gasteiger partial charge in [0.05, 0.1) is 12.1 Å². The number of nitrogen functional groups attached to an aromatic ring is 1. The number of nitrogens with two attached hydrogens (primary N) is 1. The number of amides is 2. The minimum Gasteiger partial charge on any atom is -0.398 e. The minimum absolute atomic E-state index is 0.0545. The zero-order valence-corrected chi connectivity index (χ0v) is 12.7. The number of aryl methyl sites for hydroxylation is 1. The van der Waals surface area contributed by atoms with Gasteiger partial charge in [-0.25, -0.2) is 0 Å². The molecule has 1 fully saturated rings. The SMILES string of the molecule is Cc1ccc(NC(=O)CN2CCNC(=O)C2(C)C)cc1N. The topological polar surface area (TPSA) is 87.5 Å².